The second kappa shape index (κ2) is 5.86. The number of hydrogen-bond acceptors (Lipinski definition) is 5. The van der Waals surface area contributed by atoms with Gasteiger partial charge in [-0.25, -0.2) is 9.59 Å². The van der Waals surface area contributed by atoms with Gasteiger partial charge < -0.3 is 14.4 Å². The van der Waals surface area contributed by atoms with Crippen molar-refractivity contribution < 1.29 is 32.4 Å². The van der Waals surface area contributed by atoms with Crippen molar-refractivity contribution in [1.29, 1.82) is 0 Å². The lowest BCUT2D eigenvalue weighted by molar-refractivity contribution is 0.0696. The van der Waals surface area contributed by atoms with E-state index in [-0.39, 0.29) is 5.75 Å². The Labute approximate surface area is 125 Å². The van der Waals surface area contributed by atoms with Gasteiger partial charge in [-0.3, -0.25) is 0 Å². The van der Waals surface area contributed by atoms with Gasteiger partial charge in [-0.2, -0.15) is 8.42 Å². The molecule has 0 bridgehead atoms. The Balaban J connectivity index is 2.50. The Morgan fingerprint density at radius 1 is 0.864 bits per heavy atom. The lowest BCUT2D eigenvalue weighted by Crippen LogP contribution is -2.13. The molecule has 0 spiro atoms. The van der Waals surface area contributed by atoms with E-state index in [1.54, 1.807) is 18.2 Å². The smallest absolute Gasteiger partial charge is 0.339 e. The van der Waals surface area contributed by atoms with Crippen molar-refractivity contribution in [2.75, 3.05) is 0 Å². The molecule has 0 aliphatic rings. The lowest BCUT2D eigenvalue weighted by atomic mass is 10.1. The van der Waals surface area contributed by atoms with Crippen LogP contribution in [-0.2, 0) is 10.1 Å². The van der Waals surface area contributed by atoms with Crippen molar-refractivity contribution >= 4 is 22.1 Å². The Morgan fingerprint density at radius 2 is 1.36 bits per heavy atom. The van der Waals surface area contributed by atoms with Crippen LogP contribution in [-0.4, -0.2) is 30.6 Å². The van der Waals surface area contributed by atoms with Crippen molar-refractivity contribution in [2.24, 2.45) is 0 Å². The van der Waals surface area contributed by atoms with E-state index in [4.69, 9.17) is 14.4 Å². The summed E-state index contributed by atoms with van der Waals surface area (Å²) in [6.07, 6.45) is 0. The number of carbonyl (C=O) groups is 2. The van der Waals surface area contributed by atoms with Crippen molar-refractivity contribution in [1.82, 2.24) is 0 Å². The van der Waals surface area contributed by atoms with E-state index >= 15 is 0 Å². The molecule has 2 aromatic carbocycles. The second-order valence-electron chi connectivity index (χ2n) is 4.21. The zero-order valence-electron chi connectivity index (χ0n) is 11.0. The SMILES string of the molecule is O=C(O)c1cc(C(=O)O)cc(S(=O)(=O)Oc2ccccc2)c1. The Bertz CT molecular complexity index is 793. The van der Waals surface area contributed by atoms with Gasteiger partial charge in [0.1, 0.15) is 10.6 Å². The average molecular weight is 322 g/mol. The van der Waals surface area contributed by atoms with Crippen LogP contribution in [0.4, 0.5) is 0 Å². The number of benzene rings is 2. The minimum absolute atomic E-state index is 0.0279. The van der Waals surface area contributed by atoms with Gasteiger partial charge in [0.15, 0.2) is 0 Å². The van der Waals surface area contributed by atoms with E-state index in [1.165, 1.54) is 12.1 Å². The van der Waals surface area contributed by atoms with E-state index in [2.05, 4.69) is 0 Å². The van der Waals surface area contributed by atoms with Gasteiger partial charge >= 0.3 is 22.1 Å². The highest BCUT2D eigenvalue weighted by Gasteiger charge is 2.21. The topological polar surface area (TPSA) is 118 Å². The maximum atomic E-state index is 12.1. The van der Waals surface area contributed by atoms with E-state index in [9.17, 15) is 18.0 Å². The van der Waals surface area contributed by atoms with Crippen LogP contribution in [0.1, 0.15) is 20.7 Å². The molecule has 0 aliphatic heterocycles. The van der Waals surface area contributed by atoms with E-state index in [1.807, 2.05) is 0 Å². The minimum Gasteiger partial charge on any atom is -0.478 e. The first-order chi connectivity index (χ1) is 10.3. The summed E-state index contributed by atoms with van der Waals surface area (Å²) in [6, 6.07) is 10.1. The van der Waals surface area contributed by atoms with Crippen LogP contribution in [0.5, 0.6) is 5.75 Å². The molecule has 0 saturated carbocycles. The van der Waals surface area contributed by atoms with Gasteiger partial charge in [0.2, 0.25) is 0 Å². The van der Waals surface area contributed by atoms with Crippen LogP contribution < -0.4 is 4.18 Å². The van der Waals surface area contributed by atoms with Gasteiger partial charge in [-0.1, -0.05) is 18.2 Å². The molecule has 22 heavy (non-hydrogen) atoms. The molecule has 0 aromatic heterocycles. The highest BCUT2D eigenvalue weighted by Crippen LogP contribution is 2.21. The van der Waals surface area contributed by atoms with E-state index in [0.717, 1.165) is 18.2 Å². The van der Waals surface area contributed by atoms with Crippen LogP contribution >= 0.6 is 0 Å². The molecule has 0 saturated heterocycles. The molecular formula is C14H10O7S. The number of carboxylic acid groups (broad SMARTS) is 2. The van der Waals surface area contributed by atoms with Crippen molar-refractivity contribution in [3.05, 3.63) is 59.7 Å². The first-order valence-electron chi connectivity index (χ1n) is 5.91. The molecule has 2 rings (SSSR count). The summed E-state index contributed by atoms with van der Waals surface area (Å²) in [6.45, 7) is 0. The summed E-state index contributed by atoms with van der Waals surface area (Å²) in [5.41, 5.74) is -0.926. The molecule has 0 fully saturated rings. The van der Waals surface area contributed by atoms with Gasteiger partial charge in [-0.15, -0.1) is 0 Å². The van der Waals surface area contributed by atoms with Crippen molar-refractivity contribution in [3.8, 4) is 5.75 Å². The second-order valence-corrected chi connectivity index (χ2v) is 5.75. The summed E-state index contributed by atoms with van der Waals surface area (Å²) in [5, 5.41) is 17.9. The number of rotatable bonds is 5. The molecule has 0 radical (unpaired) electrons. The zero-order valence-corrected chi connectivity index (χ0v) is 11.8. The summed E-state index contributed by atoms with van der Waals surface area (Å²) >= 11 is 0. The predicted molar refractivity (Wildman–Crippen MR) is 74.6 cm³/mol. The Morgan fingerprint density at radius 3 is 1.82 bits per heavy atom. The van der Waals surface area contributed by atoms with Crippen LogP contribution in [0.3, 0.4) is 0 Å². The predicted octanol–water partition coefficient (Wildman–Crippen LogP) is 1.85. The lowest BCUT2D eigenvalue weighted by Gasteiger charge is -2.08. The van der Waals surface area contributed by atoms with Crippen LogP contribution in [0.25, 0.3) is 0 Å². The third-order valence-corrected chi connectivity index (χ3v) is 3.86. The number of hydrogen-bond donors (Lipinski definition) is 2. The molecule has 114 valence electrons. The molecule has 0 aliphatic carbocycles. The highest BCUT2D eigenvalue weighted by atomic mass is 32.2. The monoisotopic (exact) mass is 322 g/mol. The van der Waals surface area contributed by atoms with E-state index in [0.29, 0.717) is 0 Å². The van der Waals surface area contributed by atoms with Crippen molar-refractivity contribution in [3.63, 3.8) is 0 Å². The van der Waals surface area contributed by atoms with Crippen LogP contribution in [0.2, 0.25) is 0 Å². The Hall–Kier alpha value is -2.87. The summed E-state index contributed by atoms with van der Waals surface area (Å²) in [4.78, 5) is 21.4. The summed E-state index contributed by atoms with van der Waals surface area (Å²) in [7, 11) is -4.35. The average Bonchev–Trinajstić information content (AvgIpc) is 2.47. The fraction of sp³-hybridized carbons (Fsp3) is 0. The first kappa shape index (κ1) is 15.5. The van der Waals surface area contributed by atoms with Gasteiger partial charge in [0, 0.05) is 0 Å². The van der Waals surface area contributed by atoms with Crippen molar-refractivity contribution in [2.45, 2.75) is 4.90 Å². The van der Waals surface area contributed by atoms with Crippen LogP contribution in [0.15, 0.2) is 53.4 Å². The van der Waals surface area contributed by atoms with Gasteiger partial charge in [-0.05, 0) is 30.3 Å². The molecule has 0 atom stereocenters. The third kappa shape index (κ3) is 3.41. The zero-order chi connectivity index (χ0) is 16.3. The maximum absolute atomic E-state index is 12.1. The summed E-state index contributed by atoms with van der Waals surface area (Å²) in [5.74, 6) is -2.86. The number of para-hydroxylation sites is 1. The third-order valence-electron chi connectivity index (χ3n) is 2.64. The Kier molecular flexibility index (Phi) is 4.13. The maximum Gasteiger partial charge on any atom is 0.339 e. The molecule has 0 heterocycles. The van der Waals surface area contributed by atoms with Crippen LogP contribution in [0, 0.1) is 0 Å². The number of aromatic carboxylic acids is 2. The molecule has 8 heteroatoms. The fourth-order valence-corrected chi connectivity index (χ4v) is 2.64. The molecule has 0 unspecified atom stereocenters. The number of carboxylic acids is 2. The fourth-order valence-electron chi connectivity index (χ4n) is 1.64. The summed E-state index contributed by atoms with van der Waals surface area (Å²) < 4.78 is 29.1. The normalized spacial score (nSPS) is 10.9. The quantitative estimate of drug-likeness (QED) is 0.806. The molecule has 7 nitrogen and oxygen atoms in total. The minimum atomic E-state index is -4.35. The largest absolute Gasteiger partial charge is 0.478 e. The first-order valence-corrected chi connectivity index (χ1v) is 7.31. The highest BCUT2D eigenvalue weighted by molar-refractivity contribution is 7.87. The molecular weight excluding hydrogens is 312 g/mol. The van der Waals surface area contributed by atoms with Gasteiger partial charge in [0.05, 0.1) is 11.1 Å². The van der Waals surface area contributed by atoms with E-state index < -0.39 is 38.1 Å². The van der Waals surface area contributed by atoms with Gasteiger partial charge in [0.25, 0.3) is 0 Å². The molecule has 2 aromatic rings. The molecule has 2 N–H and O–H groups in total. The standard InChI is InChI=1S/C14H10O7S/c15-13(16)9-6-10(14(17)18)8-12(7-9)22(19,20)21-11-4-2-1-3-5-11/h1-8H,(H,15,16)(H,17,18). The molecule has 0 amide bonds.